The number of nitrogens with one attached hydrogen (secondary N) is 1. The molecule has 9 heteroatoms. The highest BCUT2D eigenvalue weighted by Gasteiger charge is 2.57. The van der Waals surface area contributed by atoms with Gasteiger partial charge >= 0.3 is 0 Å². The number of hydrogen-bond donors (Lipinski definition) is 1. The highest BCUT2D eigenvalue weighted by Crippen LogP contribution is 2.53. The van der Waals surface area contributed by atoms with E-state index in [0.717, 1.165) is 12.1 Å². The maximum absolute atomic E-state index is 13.3. The summed E-state index contributed by atoms with van der Waals surface area (Å²) in [6.45, 7) is 0. The van der Waals surface area contributed by atoms with Gasteiger partial charge in [0.2, 0.25) is 5.91 Å². The topological polar surface area (TPSA) is 63.2 Å². The van der Waals surface area contributed by atoms with Crippen LogP contribution in [0.25, 0.3) is 0 Å². The van der Waals surface area contributed by atoms with Crippen molar-refractivity contribution in [2.75, 3.05) is 0 Å². The first kappa shape index (κ1) is 14.5. The predicted octanol–water partition coefficient (Wildman–Crippen LogP) is 1.96. The molecule has 0 bridgehead atoms. The van der Waals surface area contributed by atoms with Crippen LogP contribution in [0.4, 0.5) is 8.78 Å². The quantitative estimate of drug-likeness (QED) is 0.862. The van der Waals surface area contributed by atoms with Crippen molar-refractivity contribution in [2.24, 2.45) is 5.92 Å². The Morgan fingerprint density at radius 2 is 1.95 bits per heavy atom. The number of amides is 1. The minimum Gasteiger partial charge on any atom is -0.274 e. The summed E-state index contributed by atoms with van der Waals surface area (Å²) in [5.41, 5.74) is 0. The highest BCUT2D eigenvalue weighted by atomic mass is 35.5. The standard InChI is InChI=1S/C10H7Cl2F2NO3S/c11-10(12)4-6(10)9(16)15-19(17,18)8-2-1-5(13)3-7(8)14/h1-3,6H,4H2,(H,15,16). The summed E-state index contributed by atoms with van der Waals surface area (Å²) in [5, 5.41) is 0. The number of alkyl halides is 2. The van der Waals surface area contributed by atoms with Gasteiger partial charge in [0.1, 0.15) is 20.9 Å². The Labute approximate surface area is 117 Å². The molecule has 1 aliphatic carbocycles. The molecule has 0 aliphatic heterocycles. The van der Waals surface area contributed by atoms with E-state index in [1.807, 2.05) is 0 Å². The van der Waals surface area contributed by atoms with Crippen LogP contribution in [0.3, 0.4) is 0 Å². The molecule has 0 heterocycles. The van der Waals surface area contributed by atoms with E-state index in [1.165, 1.54) is 0 Å². The Kier molecular flexibility index (Phi) is 3.49. The van der Waals surface area contributed by atoms with E-state index in [2.05, 4.69) is 0 Å². The Balaban J connectivity index is 2.21. The molecule has 4 nitrogen and oxygen atoms in total. The van der Waals surface area contributed by atoms with Crippen molar-refractivity contribution in [3.63, 3.8) is 0 Å². The molecule has 0 radical (unpaired) electrons. The molecule has 2 rings (SSSR count). The zero-order valence-corrected chi connectivity index (χ0v) is 11.5. The Morgan fingerprint density at radius 3 is 2.42 bits per heavy atom. The summed E-state index contributed by atoms with van der Waals surface area (Å²) in [4.78, 5) is 10.7. The fourth-order valence-electron chi connectivity index (χ4n) is 1.45. The average Bonchev–Trinajstić information content (AvgIpc) is 2.86. The lowest BCUT2D eigenvalue weighted by Crippen LogP contribution is -2.33. The molecule has 1 amide bonds. The predicted molar refractivity (Wildman–Crippen MR) is 64.2 cm³/mol. The van der Waals surface area contributed by atoms with Crippen molar-refractivity contribution < 1.29 is 22.0 Å². The van der Waals surface area contributed by atoms with Gasteiger partial charge in [-0.25, -0.2) is 21.9 Å². The van der Waals surface area contributed by atoms with Gasteiger partial charge in [0.15, 0.2) is 0 Å². The van der Waals surface area contributed by atoms with Crippen LogP contribution in [0, 0.1) is 17.6 Å². The highest BCUT2D eigenvalue weighted by molar-refractivity contribution is 7.90. The number of benzene rings is 1. The summed E-state index contributed by atoms with van der Waals surface area (Å²) in [6.07, 6.45) is 0.114. The third kappa shape index (κ3) is 2.98. The van der Waals surface area contributed by atoms with Crippen molar-refractivity contribution in [1.82, 2.24) is 4.72 Å². The molecule has 0 spiro atoms. The van der Waals surface area contributed by atoms with Gasteiger partial charge in [-0.3, -0.25) is 4.79 Å². The first-order chi connectivity index (χ1) is 8.63. The van der Waals surface area contributed by atoms with Crippen molar-refractivity contribution in [1.29, 1.82) is 0 Å². The molecular formula is C10H7Cl2F2NO3S. The molecular weight excluding hydrogens is 323 g/mol. The van der Waals surface area contributed by atoms with Crippen molar-refractivity contribution in [2.45, 2.75) is 15.6 Å². The van der Waals surface area contributed by atoms with Gasteiger partial charge in [0, 0.05) is 6.07 Å². The molecule has 1 unspecified atom stereocenters. The van der Waals surface area contributed by atoms with Crippen LogP contribution in [0.2, 0.25) is 0 Å². The molecule has 1 N–H and O–H groups in total. The lowest BCUT2D eigenvalue weighted by molar-refractivity contribution is -0.120. The average molecular weight is 330 g/mol. The second kappa shape index (κ2) is 4.57. The fourth-order valence-corrected chi connectivity index (χ4v) is 3.04. The van der Waals surface area contributed by atoms with Gasteiger partial charge in [-0.15, -0.1) is 23.2 Å². The summed E-state index contributed by atoms with van der Waals surface area (Å²) >= 11 is 11.2. The Bertz CT molecular complexity index is 648. The van der Waals surface area contributed by atoms with Crippen LogP contribution < -0.4 is 4.72 Å². The van der Waals surface area contributed by atoms with E-state index >= 15 is 0 Å². The first-order valence-corrected chi connectivity index (χ1v) is 7.27. The van der Waals surface area contributed by atoms with E-state index in [-0.39, 0.29) is 6.42 Å². The summed E-state index contributed by atoms with van der Waals surface area (Å²) < 4.78 is 49.9. The summed E-state index contributed by atoms with van der Waals surface area (Å²) in [7, 11) is -4.42. The lowest BCUT2D eigenvalue weighted by Gasteiger charge is -2.07. The van der Waals surface area contributed by atoms with Crippen LogP contribution in [-0.4, -0.2) is 18.7 Å². The van der Waals surface area contributed by atoms with E-state index in [9.17, 15) is 22.0 Å². The molecule has 1 atom stereocenters. The van der Waals surface area contributed by atoms with Gasteiger partial charge in [-0.1, -0.05) is 0 Å². The van der Waals surface area contributed by atoms with Crippen LogP contribution in [0.15, 0.2) is 23.1 Å². The van der Waals surface area contributed by atoms with E-state index in [0.29, 0.717) is 6.07 Å². The molecule has 1 saturated carbocycles. The molecule has 0 saturated heterocycles. The largest absolute Gasteiger partial charge is 0.274 e. The van der Waals surface area contributed by atoms with Gasteiger partial charge in [-0.2, -0.15) is 0 Å². The molecule has 104 valence electrons. The van der Waals surface area contributed by atoms with Gasteiger partial charge in [0.25, 0.3) is 10.0 Å². The van der Waals surface area contributed by atoms with Crippen LogP contribution in [-0.2, 0) is 14.8 Å². The number of carbonyl (C=O) groups excluding carboxylic acids is 1. The Hall–Kier alpha value is -0.920. The maximum atomic E-state index is 13.3. The molecule has 1 aromatic rings. The number of hydrogen-bond acceptors (Lipinski definition) is 3. The van der Waals surface area contributed by atoms with Crippen molar-refractivity contribution in [3.8, 4) is 0 Å². The normalized spacial score (nSPS) is 20.9. The molecule has 1 aliphatic rings. The third-order valence-corrected chi connectivity index (χ3v) is 4.78. The van der Waals surface area contributed by atoms with Crippen molar-refractivity contribution in [3.05, 3.63) is 29.8 Å². The van der Waals surface area contributed by atoms with E-state index < -0.39 is 42.7 Å². The van der Waals surface area contributed by atoms with E-state index in [4.69, 9.17) is 23.2 Å². The third-order valence-electron chi connectivity index (χ3n) is 2.56. The van der Waals surface area contributed by atoms with E-state index in [1.54, 1.807) is 4.72 Å². The van der Waals surface area contributed by atoms with Crippen LogP contribution >= 0.6 is 23.2 Å². The lowest BCUT2D eigenvalue weighted by atomic mass is 10.3. The minimum atomic E-state index is -4.42. The summed E-state index contributed by atoms with van der Waals surface area (Å²) in [6, 6.07) is 1.90. The van der Waals surface area contributed by atoms with Crippen molar-refractivity contribution >= 4 is 39.1 Å². The number of sulfonamides is 1. The van der Waals surface area contributed by atoms with Gasteiger partial charge in [0.05, 0.1) is 5.92 Å². The zero-order valence-electron chi connectivity index (χ0n) is 9.16. The molecule has 1 aromatic carbocycles. The smallest absolute Gasteiger partial charge is 0.266 e. The van der Waals surface area contributed by atoms with Crippen LogP contribution in [0.5, 0.6) is 0 Å². The fraction of sp³-hybridized carbons (Fsp3) is 0.300. The number of rotatable bonds is 3. The first-order valence-electron chi connectivity index (χ1n) is 5.03. The number of carbonyl (C=O) groups is 1. The maximum Gasteiger partial charge on any atom is 0.266 e. The Morgan fingerprint density at radius 1 is 1.37 bits per heavy atom. The van der Waals surface area contributed by atoms with Gasteiger partial charge in [-0.05, 0) is 18.6 Å². The second-order valence-electron chi connectivity index (χ2n) is 4.06. The SMILES string of the molecule is O=C(NS(=O)(=O)c1ccc(F)cc1F)C1CC1(Cl)Cl. The molecule has 19 heavy (non-hydrogen) atoms. The monoisotopic (exact) mass is 329 g/mol. The molecule has 0 aromatic heterocycles. The minimum absolute atomic E-state index is 0.114. The van der Waals surface area contributed by atoms with Crippen LogP contribution in [0.1, 0.15) is 6.42 Å². The second-order valence-corrected chi connectivity index (χ2v) is 7.26. The zero-order chi connectivity index (χ0) is 14.4. The molecule has 1 fully saturated rings. The number of halogens is 4. The van der Waals surface area contributed by atoms with Gasteiger partial charge < -0.3 is 0 Å². The summed E-state index contributed by atoms with van der Waals surface area (Å²) in [5.74, 6) is -4.01.